The number of nitrogens with zero attached hydrogens (tertiary/aromatic N) is 6. The number of methoxy groups -OCH3 is 1. The van der Waals surface area contributed by atoms with Crippen LogP contribution in [0.4, 0.5) is 4.39 Å². The number of piperazine rings is 1. The second kappa shape index (κ2) is 18.5. The lowest BCUT2D eigenvalue weighted by molar-refractivity contribution is -0.113. The topological polar surface area (TPSA) is 112 Å². The first kappa shape index (κ1) is 40.8. The van der Waals surface area contributed by atoms with Gasteiger partial charge in [-0.2, -0.15) is 0 Å². The number of hydrogen-bond donors (Lipinski definition) is 0. The van der Waals surface area contributed by atoms with E-state index < -0.39 is 6.10 Å². The molecule has 0 amide bonds. The summed E-state index contributed by atoms with van der Waals surface area (Å²) >= 11 is 8.48. The zero-order valence-electron chi connectivity index (χ0n) is 33.3. The van der Waals surface area contributed by atoms with Crippen molar-refractivity contribution in [1.82, 2.24) is 29.7 Å². The number of aromatic nitrogens is 4. The van der Waals surface area contributed by atoms with Gasteiger partial charge in [-0.1, -0.05) is 60.1 Å². The molecule has 0 saturated carbocycles. The number of para-hydroxylation sites is 2. The van der Waals surface area contributed by atoms with Gasteiger partial charge in [-0.15, -0.1) is 11.3 Å². The number of carbonyl (C=O) groups is 1. The van der Waals surface area contributed by atoms with Gasteiger partial charge < -0.3 is 23.8 Å². The highest BCUT2D eigenvalue weighted by molar-refractivity contribution is 7.22. The van der Waals surface area contributed by atoms with Gasteiger partial charge >= 0.3 is 0 Å². The molecule has 1 aliphatic heterocycles. The summed E-state index contributed by atoms with van der Waals surface area (Å²) < 4.78 is 38.7. The van der Waals surface area contributed by atoms with Crippen LogP contribution in [0.1, 0.15) is 16.8 Å². The summed E-state index contributed by atoms with van der Waals surface area (Å²) in [5.41, 5.74) is 5.31. The Kier molecular flexibility index (Phi) is 12.6. The summed E-state index contributed by atoms with van der Waals surface area (Å²) in [6.45, 7) is 6.29. The molecule has 1 saturated heterocycles. The molecule has 3 aromatic heterocycles. The highest BCUT2D eigenvalue weighted by Gasteiger charge is 2.26. The fraction of sp³-hybridized carbons (Fsp3) is 0.239. The summed E-state index contributed by atoms with van der Waals surface area (Å²) in [6, 6.07) is 27.0. The molecule has 14 heteroatoms. The average molecular weight is 845 g/mol. The molecule has 1 aliphatic rings. The Hall–Kier alpha value is -5.99. The number of likely N-dealkylation sites (N-methyl/N-ethyl adjacent to an activating group) is 1. The van der Waals surface area contributed by atoms with E-state index in [2.05, 4.69) is 31.8 Å². The highest BCUT2D eigenvalue weighted by Crippen LogP contribution is 2.49. The molecule has 7 aromatic rings. The molecule has 306 valence electrons. The largest absolute Gasteiger partial charge is 0.496 e. The fourth-order valence-electron chi connectivity index (χ4n) is 7.12. The quantitative estimate of drug-likeness (QED) is 0.0923. The van der Waals surface area contributed by atoms with Crippen molar-refractivity contribution in [3.63, 3.8) is 0 Å². The third-order valence-corrected chi connectivity index (χ3v) is 12.0. The Balaban J connectivity index is 1.08. The Bertz CT molecular complexity index is 2620. The van der Waals surface area contributed by atoms with Crippen molar-refractivity contribution in [1.29, 1.82) is 0 Å². The Morgan fingerprint density at radius 2 is 1.63 bits per heavy atom. The Labute approximate surface area is 356 Å². The number of aldehydes is 1. The van der Waals surface area contributed by atoms with Crippen LogP contribution in [-0.4, -0.2) is 89.2 Å². The maximum Gasteiger partial charge on any atom is 0.226 e. The number of benzene rings is 4. The number of ether oxygens (including phenoxy) is 4. The molecule has 0 radical (unpaired) electrons. The summed E-state index contributed by atoms with van der Waals surface area (Å²) in [7, 11) is 3.73. The average Bonchev–Trinajstić information content (AvgIpc) is 3.67. The van der Waals surface area contributed by atoms with Crippen molar-refractivity contribution in [2.24, 2.45) is 0 Å². The lowest BCUT2D eigenvalue weighted by Gasteiger charge is -2.32. The molecule has 1 atom stereocenters. The number of halogens is 2. The number of carbonyl (C=O) groups excluding carboxylic acids is 1. The van der Waals surface area contributed by atoms with E-state index >= 15 is 0 Å². The highest BCUT2D eigenvalue weighted by atomic mass is 35.5. The smallest absolute Gasteiger partial charge is 0.226 e. The molecule has 1 fully saturated rings. The van der Waals surface area contributed by atoms with Crippen LogP contribution >= 0.6 is 22.9 Å². The maximum atomic E-state index is 14.2. The van der Waals surface area contributed by atoms with E-state index in [1.54, 1.807) is 31.5 Å². The monoisotopic (exact) mass is 844 g/mol. The fourth-order valence-corrected chi connectivity index (χ4v) is 8.49. The van der Waals surface area contributed by atoms with Crippen molar-refractivity contribution in [2.75, 3.05) is 47.1 Å². The van der Waals surface area contributed by atoms with Crippen molar-refractivity contribution in [3.8, 4) is 56.1 Å². The van der Waals surface area contributed by atoms with Crippen molar-refractivity contribution in [2.45, 2.75) is 26.1 Å². The SMILES string of the molecule is COc1ccccc1-c1nccc(COc2ccccc2CC(C=O)Oc2ncnc3sc(-c4ccc(F)cc4)c(-c4ccc(OCN5CCN(C)CC5)c(Cl)c4C)c23)n1. The van der Waals surface area contributed by atoms with E-state index in [4.69, 9.17) is 35.5 Å². The number of hydrogen-bond acceptors (Lipinski definition) is 12. The Morgan fingerprint density at radius 3 is 2.42 bits per heavy atom. The van der Waals surface area contributed by atoms with Crippen LogP contribution in [0.2, 0.25) is 5.02 Å². The third-order valence-electron chi connectivity index (χ3n) is 10.4. The van der Waals surface area contributed by atoms with Gasteiger partial charge in [0.2, 0.25) is 5.88 Å². The second-order valence-electron chi connectivity index (χ2n) is 14.4. The van der Waals surface area contributed by atoms with Crippen LogP contribution < -0.4 is 18.9 Å². The molecular formula is C46H42ClFN6O5S. The van der Waals surface area contributed by atoms with E-state index in [9.17, 15) is 9.18 Å². The zero-order valence-corrected chi connectivity index (χ0v) is 34.9. The van der Waals surface area contributed by atoms with Crippen molar-refractivity contribution in [3.05, 3.63) is 131 Å². The van der Waals surface area contributed by atoms with Crippen LogP contribution in [-0.2, 0) is 17.8 Å². The normalized spacial score (nSPS) is 13.9. The van der Waals surface area contributed by atoms with E-state index in [-0.39, 0.29) is 24.7 Å². The first-order valence-electron chi connectivity index (χ1n) is 19.4. The van der Waals surface area contributed by atoms with Gasteiger partial charge in [0.15, 0.2) is 18.2 Å². The molecule has 60 heavy (non-hydrogen) atoms. The summed E-state index contributed by atoms with van der Waals surface area (Å²) in [6.07, 6.45) is 3.11. The molecule has 4 aromatic carbocycles. The molecule has 0 N–H and O–H groups in total. The minimum Gasteiger partial charge on any atom is -0.496 e. The summed E-state index contributed by atoms with van der Waals surface area (Å²) in [5, 5.41) is 1.09. The van der Waals surface area contributed by atoms with Crippen LogP contribution in [0.15, 0.2) is 104 Å². The molecule has 4 heterocycles. The third kappa shape index (κ3) is 8.94. The molecule has 1 unspecified atom stereocenters. The second-order valence-corrected chi connectivity index (χ2v) is 15.8. The van der Waals surface area contributed by atoms with Crippen LogP contribution in [0.3, 0.4) is 0 Å². The van der Waals surface area contributed by atoms with Crippen molar-refractivity contribution >= 4 is 39.4 Å². The molecule has 0 bridgehead atoms. The van der Waals surface area contributed by atoms with Crippen molar-refractivity contribution < 1.29 is 28.1 Å². The predicted octanol–water partition coefficient (Wildman–Crippen LogP) is 8.94. The van der Waals surface area contributed by atoms with Gasteiger partial charge in [-0.25, -0.2) is 24.3 Å². The molecule has 8 rings (SSSR count). The lowest BCUT2D eigenvalue weighted by Crippen LogP contribution is -2.45. The zero-order chi connectivity index (χ0) is 41.6. The van der Waals surface area contributed by atoms with Crippen LogP contribution in [0, 0.1) is 12.7 Å². The lowest BCUT2D eigenvalue weighted by atomic mass is 9.96. The molecular weight excluding hydrogens is 803 g/mol. The molecule has 0 spiro atoms. The standard InChI is InChI=1S/C46H42ClFN6O5S/c1-29-35(16-17-39(42(29)47)58-28-54-22-20-53(2)21-23-54)40-41-45(50-27-51-46(41)60-43(40)30-12-14-32(48)15-13-30)59-34(25-55)24-31-8-4-6-10-37(31)57-26-33-18-19-49-44(52-33)36-9-5-7-11-38(36)56-3/h4-19,25,27,34H,20-24,26,28H2,1-3H3. The van der Waals surface area contributed by atoms with E-state index in [1.165, 1.54) is 29.8 Å². The number of fused-ring (bicyclic) bond motifs is 1. The van der Waals surface area contributed by atoms with Gasteiger partial charge in [-0.3, -0.25) is 9.69 Å². The van der Waals surface area contributed by atoms with Gasteiger partial charge in [0.1, 0.15) is 47.6 Å². The predicted molar refractivity (Wildman–Crippen MR) is 232 cm³/mol. The van der Waals surface area contributed by atoms with Crippen LogP contribution in [0.5, 0.6) is 23.1 Å². The number of thiophene rings is 1. The first-order valence-corrected chi connectivity index (χ1v) is 20.6. The van der Waals surface area contributed by atoms with Gasteiger partial charge in [-0.05, 0) is 78.7 Å². The Morgan fingerprint density at radius 1 is 0.867 bits per heavy atom. The van der Waals surface area contributed by atoms with E-state index in [0.717, 1.165) is 70.7 Å². The van der Waals surface area contributed by atoms with Gasteiger partial charge in [0, 0.05) is 49.2 Å². The maximum absolute atomic E-state index is 14.2. The minimum absolute atomic E-state index is 0.160. The summed E-state index contributed by atoms with van der Waals surface area (Å²) in [5.74, 6) is 2.22. The minimum atomic E-state index is -0.943. The van der Waals surface area contributed by atoms with Crippen LogP contribution in [0.25, 0.3) is 43.2 Å². The van der Waals surface area contributed by atoms with Gasteiger partial charge in [0.25, 0.3) is 0 Å². The molecule has 11 nitrogen and oxygen atoms in total. The first-order chi connectivity index (χ1) is 29.3. The number of rotatable bonds is 15. The van der Waals surface area contributed by atoms with Gasteiger partial charge in [0.05, 0.1) is 28.8 Å². The van der Waals surface area contributed by atoms with E-state index in [0.29, 0.717) is 50.7 Å². The molecule has 0 aliphatic carbocycles. The summed E-state index contributed by atoms with van der Waals surface area (Å²) in [4.78, 5) is 37.2. The van der Waals surface area contributed by atoms with E-state index in [1.807, 2.05) is 67.6 Å².